The average Bonchev–Trinajstić information content (AvgIpc) is 3.08. The van der Waals surface area contributed by atoms with Crippen LogP contribution < -0.4 is 10.6 Å². The van der Waals surface area contributed by atoms with E-state index in [4.69, 9.17) is 16.7 Å². The number of nitrogens with zero attached hydrogens (tertiary/aromatic N) is 1. The molecule has 0 saturated heterocycles. The standard InChI is InChI=1S/C25H24ClN3O2/c1-29(13-14-30)16-17-7-10-20(11-8-17)27-24(18-5-3-2-4-6-18)23-21-12-9-19(26)15-22(21)28-25(23)31/h2-12,15,27,30H,13-14,16H2,1H3,(H,28,31)/b24-23-. The number of aliphatic hydroxyl groups is 1. The van der Waals surface area contributed by atoms with Crippen LogP contribution in [0.5, 0.6) is 0 Å². The van der Waals surface area contributed by atoms with Gasteiger partial charge in [0.05, 0.1) is 23.6 Å². The number of fused-ring (bicyclic) bond motifs is 1. The van der Waals surface area contributed by atoms with Crippen molar-refractivity contribution >= 4 is 40.2 Å². The minimum absolute atomic E-state index is 0.138. The van der Waals surface area contributed by atoms with Gasteiger partial charge in [0.2, 0.25) is 0 Å². The Kier molecular flexibility index (Phi) is 6.37. The molecular formula is C25H24ClN3O2. The molecule has 158 valence electrons. The van der Waals surface area contributed by atoms with E-state index in [1.165, 1.54) is 0 Å². The molecule has 0 aliphatic carbocycles. The quantitative estimate of drug-likeness (QED) is 0.473. The van der Waals surface area contributed by atoms with Crippen LogP contribution in [-0.2, 0) is 11.3 Å². The van der Waals surface area contributed by atoms with Gasteiger partial charge in [0.1, 0.15) is 0 Å². The maximum atomic E-state index is 12.9. The first-order valence-corrected chi connectivity index (χ1v) is 10.5. The van der Waals surface area contributed by atoms with E-state index in [1.807, 2.05) is 67.7 Å². The maximum Gasteiger partial charge on any atom is 0.258 e. The van der Waals surface area contributed by atoms with E-state index in [1.54, 1.807) is 12.1 Å². The number of rotatable bonds is 7. The first-order valence-electron chi connectivity index (χ1n) is 10.1. The molecule has 0 saturated carbocycles. The molecule has 3 N–H and O–H groups in total. The lowest BCUT2D eigenvalue weighted by molar-refractivity contribution is -0.110. The SMILES string of the molecule is CN(CCO)Cc1ccc(N/C(=C2\C(=O)Nc3cc(Cl)ccc32)c2ccccc2)cc1. The summed E-state index contributed by atoms with van der Waals surface area (Å²) in [5, 5.41) is 16.0. The third-order valence-electron chi connectivity index (χ3n) is 5.20. The lowest BCUT2D eigenvalue weighted by Crippen LogP contribution is -2.21. The average molecular weight is 434 g/mol. The second kappa shape index (κ2) is 9.35. The summed E-state index contributed by atoms with van der Waals surface area (Å²) in [5.41, 5.74) is 5.81. The minimum atomic E-state index is -0.161. The maximum absolute atomic E-state index is 12.9. The molecule has 0 bridgehead atoms. The first-order chi connectivity index (χ1) is 15.0. The molecule has 4 rings (SSSR count). The molecular weight excluding hydrogens is 410 g/mol. The second-order valence-electron chi connectivity index (χ2n) is 7.54. The van der Waals surface area contributed by atoms with Gasteiger partial charge in [0, 0.05) is 29.4 Å². The molecule has 5 nitrogen and oxygen atoms in total. The van der Waals surface area contributed by atoms with Crippen LogP contribution in [0, 0.1) is 0 Å². The molecule has 1 aliphatic heterocycles. The molecule has 0 unspecified atom stereocenters. The largest absolute Gasteiger partial charge is 0.395 e. The third-order valence-corrected chi connectivity index (χ3v) is 5.43. The summed E-state index contributed by atoms with van der Waals surface area (Å²) in [5.74, 6) is -0.161. The molecule has 0 fully saturated rings. The topological polar surface area (TPSA) is 64.6 Å². The van der Waals surface area contributed by atoms with Crippen molar-refractivity contribution in [2.24, 2.45) is 0 Å². The fourth-order valence-corrected chi connectivity index (χ4v) is 3.85. The lowest BCUT2D eigenvalue weighted by Gasteiger charge is -2.17. The molecule has 1 amide bonds. The molecule has 3 aromatic rings. The van der Waals surface area contributed by atoms with E-state index in [-0.39, 0.29) is 12.5 Å². The number of carbonyl (C=O) groups is 1. The Labute approximate surface area is 187 Å². The van der Waals surface area contributed by atoms with Gasteiger partial charge in [-0.05, 0) is 42.4 Å². The van der Waals surface area contributed by atoms with Crippen LogP contribution in [0.25, 0.3) is 11.3 Å². The summed E-state index contributed by atoms with van der Waals surface area (Å²) < 4.78 is 0. The van der Waals surface area contributed by atoms with Gasteiger partial charge < -0.3 is 15.7 Å². The predicted octanol–water partition coefficient (Wildman–Crippen LogP) is 4.70. The van der Waals surface area contributed by atoms with E-state index in [0.29, 0.717) is 22.8 Å². The van der Waals surface area contributed by atoms with Gasteiger partial charge in [0.15, 0.2) is 0 Å². The molecule has 0 radical (unpaired) electrons. The predicted molar refractivity (Wildman–Crippen MR) is 127 cm³/mol. The Balaban J connectivity index is 1.70. The molecule has 0 atom stereocenters. The molecule has 0 aromatic heterocycles. The number of aliphatic hydroxyl groups excluding tert-OH is 1. The normalized spacial score (nSPS) is 14.4. The first kappa shape index (κ1) is 21.1. The van der Waals surface area contributed by atoms with Crippen molar-refractivity contribution in [3.05, 3.63) is 94.5 Å². The van der Waals surface area contributed by atoms with Crippen LogP contribution in [0.3, 0.4) is 0 Å². The number of anilines is 2. The van der Waals surface area contributed by atoms with Crippen molar-refractivity contribution in [3.8, 4) is 0 Å². The van der Waals surface area contributed by atoms with Crippen LogP contribution in [0.1, 0.15) is 16.7 Å². The highest BCUT2D eigenvalue weighted by Crippen LogP contribution is 2.38. The molecule has 31 heavy (non-hydrogen) atoms. The number of carbonyl (C=O) groups excluding carboxylic acids is 1. The van der Waals surface area contributed by atoms with Gasteiger partial charge in [-0.15, -0.1) is 0 Å². The summed E-state index contributed by atoms with van der Waals surface area (Å²) in [6, 6.07) is 23.3. The van der Waals surface area contributed by atoms with E-state index < -0.39 is 0 Å². The van der Waals surface area contributed by atoms with Crippen molar-refractivity contribution in [1.29, 1.82) is 0 Å². The van der Waals surface area contributed by atoms with Crippen molar-refractivity contribution in [2.75, 3.05) is 30.8 Å². The zero-order valence-corrected chi connectivity index (χ0v) is 18.0. The highest BCUT2D eigenvalue weighted by molar-refractivity contribution is 6.38. The summed E-state index contributed by atoms with van der Waals surface area (Å²) in [4.78, 5) is 15.0. The molecule has 3 aromatic carbocycles. The van der Waals surface area contributed by atoms with Gasteiger partial charge in [0.25, 0.3) is 5.91 Å². The van der Waals surface area contributed by atoms with Crippen molar-refractivity contribution in [3.63, 3.8) is 0 Å². The van der Waals surface area contributed by atoms with Crippen LogP contribution in [0.2, 0.25) is 5.02 Å². The number of hydrogen-bond acceptors (Lipinski definition) is 4. The fourth-order valence-electron chi connectivity index (χ4n) is 3.68. The second-order valence-corrected chi connectivity index (χ2v) is 7.98. The minimum Gasteiger partial charge on any atom is -0.395 e. The van der Waals surface area contributed by atoms with E-state index in [9.17, 15) is 4.79 Å². The third kappa shape index (κ3) is 4.80. The lowest BCUT2D eigenvalue weighted by atomic mass is 10.00. The van der Waals surface area contributed by atoms with Crippen LogP contribution in [-0.4, -0.2) is 36.1 Å². The van der Waals surface area contributed by atoms with Gasteiger partial charge in [-0.2, -0.15) is 0 Å². The highest BCUT2D eigenvalue weighted by Gasteiger charge is 2.28. The zero-order valence-electron chi connectivity index (χ0n) is 17.2. The van der Waals surface area contributed by atoms with E-state index in [0.717, 1.165) is 34.6 Å². The summed E-state index contributed by atoms with van der Waals surface area (Å²) in [7, 11) is 1.97. The van der Waals surface area contributed by atoms with Crippen LogP contribution >= 0.6 is 11.6 Å². The van der Waals surface area contributed by atoms with Crippen LogP contribution in [0.4, 0.5) is 11.4 Å². The Morgan fingerprint density at radius 1 is 1.06 bits per heavy atom. The van der Waals surface area contributed by atoms with Crippen LogP contribution in [0.15, 0.2) is 72.8 Å². The Morgan fingerprint density at radius 3 is 2.52 bits per heavy atom. The van der Waals surface area contributed by atoms with Crippen molar-refractivity contribution in [1.82, 2.24) is 4.90 Å². The van der Waals surface area contributed by atoms with E-state index >= 15 is 0 Å². The van der Waals surface area contributed by atoms with Gasteiger partial charge in [-0.3, -0.25) is 9.69 Å². The monoisotopic (exact) mass is 433 g/mol. The summed E-state index contributed by atoms with van der Waals surface area (Å²) in [6.45, 7) is 1.52. The van der Waals surface area contributed by atoms with Crippen molar-refractivity contribution in [2.45, 2.75) is 6.54 Å². The molecule has 1 heterocycles. The Hall–Kier alpha value is -3.12. The number of halogens is 1. The Morgan fingerprint density at radius 2 is 1.81 bits per heavy atom. The number of likely N-dealkylation sites (N-methyl/N-ethyl adjacent to an activating group) is 1. The molecule has 1 aliphatic rings. The molecule has 0 spiro atoms. The smallest absolute Gasteiger partial charge is 0.258 e. The van der Waals surface area contributed by atoms with Gasteiger partial charge in [-0.25, -0.2) is 0 Å². The summed E-state index contributed by atoms with van der Waals surface area (Å²) in [6.07, 6.45) is 0. The number of hydrogen-bond donors (Lipinski definition) is 3. The highest BCUT2D eigenvalue weighted by atomic mass is 35.5. The van der Waals surface area contributed by atoms with Gasteiger partial charge in [-0.1, -0.05) is 60.1 Å². The molecule has 6 heteroatoms. The van der Waals surface area contributed by atoms with E-state index in [2.05, 4.69) is 15.5 Å². The Bertz CT molecular complexity index is 1110. The zero-order chi connectivity index (χ0) is 21.8. The fraction of sp³-hybridized carbons (Fsp3) is 0.160. The van der Waals surface area contributed by atoms with Crippen molar-refractivity contribution < 1.29 is 9.90 Å². The number of nitrogens with one attached hydrogen (secondary N) is 2. The number of benzene rings is 3. The number of amides is 1. The van der Waals surface area contributed by atoms with Gasteiger partial charge >= 0.3 is 0 Å². The summed E-state index contributed by atoms with van der Waals surface area (Å²) >= 11 is 6.12.